The van der Waals surface area contributed by atoms with Crippen molar-refractivity contribution in [3.05, 3.63) is 24.8 Å². The molecule has 90 valence electrons. The third kappa shape index (κ3) is 3.05. The van der Waals surface area contributed by atoms with Gasteiger partial charge in [-0.25, -0.2) is 0 Å². The van der Waals surface area contributed by atoms with Crippen LogP contribution in [0.4, 0.5) is 0 Å². The van der Waals surface area contributed by atoms with E-state index in [4.69, 9.17) is 2.74 Å². The molecule has 0 radical (unpaired) electrons. The highest BCUT2D eigenvalue weighted by Crippen LogP contribution is 2.34. The van der Waals surface area contributed by atoms with E-state index >= 15 is 0 Å². The van der Waals surface area contributed by atoms with E-state index in [9.17, 15) is 9.90 Å². The molecule has 1 rings (SSSR count). The monoisotopic (exact) mass is 224 g/mol. The van der Waals surface area contributed by atoms with Crippen LogP contribution in [-0.4, -0.2) is 17.0 Å². The number of hydrogen-bond acceptors (Lipinski definition) is 2. The normalized spacial score (nSPS) is 31.1. The van der Waals surface area contributed by atoms with E-state index in [1.165, 1.54) is 6.08 Å². The Hall–Kier alpha value is -0.890. The maximum Gasteiger partial charge on any atom is 0.138 e. The number of allylic oxidation sites excluding steroid dienone is 3. The molecule has 1 aliphatic rings. The van der Waals surface area contributed by atoms with Crippen molar-refractivity contribution in [1.82, 2.24) is 0 Å². The van der Waals surface area contributed by atoms with Crippen LogP contribution in [0, 0.1) is 17.8 Å². The van der Waals surface area contributed by atoms with E-state index in [1.54, 1.807) is 6.08 Å². The van der Waals surface area contributed by atoms with Gasteiger partial charge in [-0.3, -0.25) is 4.79 Å². The predicted octanol–water partition coefficient (Wildman–Crippen LogP) is 2.73. The van der Waals surface area contributed by atoms with Gasteiger partial charge in [-0.2, -0.15) is 0 Å². The number of carbonyl (C=O) groups excluding carboxylic acids is 1. The number of rotatable bonds is 5. The van der Waals surface area contributed by atoms with E-state index in [-0.39, 0.29) is 30.1 Å². The molecular formula is C14H22O2. The lowest BCUT2D eigenvalue weighted by Gasteiger charge is -2.25. The Morgan fingerprint density at radius 3 is 3.06 bits per heavy atom. The molecule has 1 fully saturated rings. The third-order valence-electron chi connectivity index (χ3n) is 3.52. The van der Waals surface area contributed by atoms with Gasteiger partial charge in [0.2, 0.25) is 0 Å². The topological polar surface area (TPSA) is 37.3 Å². The summed E-state index contributed by atoms with van der Waals surface area (Å²) in [5.41, 5.74) is 0. The van der Waals surface area contributed by atoms with Gasteiger partial charge >= 0.3 is 0 Å². The molecular weight excluding hydrogens is 200 g/mol. The van der Waals surface area contributed by atoms with E-state index in [2.05, 4.69) is 0 Å². The lowest BCUT2D eigenvalue weighted by molar-refractivity contribution is -0.125. The average Bonchev–Trinajstić information content (AvgIpc) is 2.63. The standard InChI is InChI=1S/C14H22O2/c1-4-5-6-7-11(3)14(16)13-10(2)8-9-12(13)15/h4-6,10-11,13-14,16H,1,7-9H2,2-3H3/b6-5+/t10?,11-,13-,14-/m1/s1/i1D2. The molecule has 0 saturated heterocycles. The van der Waals surface area contributed by atoms with Crippen LogP contribution in [-0.2, 0) is 4.79 Å². The Labute approximate surface area is 101 Å². The molecule has 2 nitrogen and oxygen atoms in total. The van der Waals surface area contributed by atoms with Gasteiger partial charge in [0, 0.05) is 12.3 Å². The Morgan fingerprint density at radius 2 is 2.50 bits per heavy atom. The van der Waals surface area contributed by atoms with E-state index in [0.717, 1.165) is 6.42 Å². The molecule has 0 spiro atoms. The van der Waals surface area contributed by atoms with Crippen molar-refractivity contribution in [1.29, 1.82) is 0 Å². The highest BCUT2D eigenvalue weighted by molar-refractivity contribution is 5.83. The van der Waals surface area contributed by atoms with Crippen LogP contribution in [0.5, 0.6) is 0 Å². The first-order valence-corrected chi connectivity index (χ1v) is 5.94. The molecule has 0 aliphatic heterocycles. The summed E-state index contributed by atoms with van der Waals surface area (Å²) in [7, 11) is 0. The largest absolute Gasteiger partial charge is 0.392 e. The van der Waals surface area contributed by atoms with Crippen LogP contribution in [0.15, 0.2) is 24.8 Å². The molecule has 0 aromatic carbocycles. The quantitative estimate of drug-likeness (QED) is 0.729. The van der Waals surface area contributed by atoms with E-state index < -0.39 is 6.10 Å². The fraction of sp³-hybridized carbons (Fsp3) is 0.643. The summed E-state index contributed by atoms with van der Waals surface area (Å²) in [6.07, 6.45) is 6.42. The van der Waals surface area contributed by atoms with Gasteiger partial charge in [0.25, 0.3) is 0 Å². The van der Waals surface area contributed by atoms with Crippen molar-refractivity contribution in [2.75, 3.05) is 0 Å². The van der Waals surface area contributed by atoms with Gasteiger partial charge in [-0.15, -0.1) is 0 Å². The summed E-state index contributed by atoms with van der Waals surface area (Å²) in [6, 6.07) is 0. The smallest absolute Gasteiger partial charge is 0.138 e. The van der Waals surface area contributed by atoms with Gasteiger partial charge in [0.05, 0.1) is 8.85 Å². The minimum absolute atomic E-state index is 0.0177. The zero-order chi connectivity index (χ0) is 13.7. The molecule has 2 heteroatoms. The number of hydrogen-bond donors (Lipinski definition) is 1. The third-order valence-corrected chi connectivity index (χ3v) is 3.52. The SMILES string of the molecule is [2H]C([2H])=C/C=C/C[C@@H](C)[C@@H](O)[C@H]1C(=O)CCC1C. The zero-order valence-corrected chi connectivity index (χ0v) is 10.0. The average molecular weight is 224 g/mol. The molecule has 1 saturated carbocycles. The summed E-state index contributed by atoms with van der Waals surface area (Å²) >= 11 is 0. The number of ketones is 1. The molecule has 0 heterocycles. The molecule has 4 atom stereocenters. The second-order valence-electron chi connectivity index (χ2n) is 4.81. The zero-order valence-electron chi connectivity index (χ0n) is 12.0. The fourth-order valence-electron chi connectivity index (χ4n) is 2.42. The minimum Gasteiger partial charge on any atom is -0.392 e. The lowest BCUT2D eigenvalue weighted by Crippen LogP contribution is -2.33. The molecule has 1 unspecified atom stereocenters. The number of carbonyl (C=O) groups is 1. The van der Waals surface area contributed by atoms with Crippen molar-refractivity contribution >= 4 is 5.78 Å². The predicted molar refractivity (Wildman–Crippen MR) is 66.0 cm³/mol. The number of aliphatic hydroxyl groups is 1. The summed E-state index contributed by atoms with van der Waals surface area (Å²) in [6.45, 7) is 3.72. The maximum atomic E-state index is 11.7. The van der Waals surface area contributed by atoms with Crippen molar-refractivity contribution in [3.63, 3.8) is 0 Å². The molecule has 0 amide bonds. The first-order valence-electron chi connectivity index (χ1n) is 6.94. The second-order valence-corrected chi connectivity index (χ2v) is 4.81. The Bertz CT molecular complexity index is 346. The molecule has 1 aliphatic carbocycles. The molecule has 0 bridgehead atoms. The fourth-order valence-corrected chi connectivity index (χ4v) is 2.42. The van der Waals surface area contributed by atoms with Crippen LogP contribution < -0.4 is 0 Å². The van der Waals surface area contributed by atoms with Crippen molar-refractivity contribution in [3.8, 4) is 0 Å². The Kier molecular flexibility index (Phi) is 3.85. The molecule has 16 heavy (non-hydrogen) atoms. The van der Waals surface area contributed by atoms with Gasteiger partial charge in [0.1, 0.15) is 5.78 Å². The summed E-state index contributed by atoms with van der Waals surface area (Å²) in [5, 5.41) is 10.2. The van der Waals surface area contributed by atoms with Crippen LogP contribution >= 0.6 is 0 Å². The Balaban J connectivity index is 2.51. The van der Waals surface area contributed by atoms with E-state index in [1.807, 2.05) is 19.9 Å². The maximum absolute atomic E-state index is 11.7. The first kappa shape index (κ1) is 10.3. The van der Waals surface area contributed by atoms with Gasteiger partial charge in [-0.1, -0.05) is 38.6 Å². The van der Waals surface area contributed by atoms with Crippen LogP contribution in [0.2, 0.25) is 0 Å². The van der Waals surface area contributed by atoms with Crippen LogP contribution in [0.25, 0.3) is 0 Å². The second kappa shape index (κ2) is 6.00. The Morgan fingerprint density at radius 1 is 1.75 bits per heavy atom. The highest BCUT2D eigenvalue weighted by Gasteiger charge is 2.38. The van der Waals surface area contributed by atoms with Crippen LogP contribution in [0.1, 0.15) is 35.9 Å². The molecule has 0 aromatic rings. The van der Waals surface area contributed by atoms with E-state index in [0.29, 0.717) is 12.8 Å². The highest BCUT2D eigenvalue weighted by atomic mass is 16.3. The molecule has 1 N–H and O–H groups in total. The van der Waals surface area contributed by atoms with Crippen LogP contribution in [0.3, 0.4) is 0 Å². The van der Waals surface area contributed by atoms with Gasteiger partial charge in [0.15, 0.2) is 0 Å². The van der Waals surface area contributed by atoms with Gasteiger partial charge in [-0.05, 0) is 24.7 Å². The summed E-state index contributed by atoms with van der Waals surface area (Å²) in [5.74, 6) is 0.258. The van der Waals surface area contributed by atoms with Crippen molar-refractivity contribution in [2.45, 2.75) is 39.2 Å². The number of aliphatic hydroxyl groups excluding tert-OH is 1. The lowest BCUT2D eigenvalue weighted by atomic mass is 9.83. The van der Waals surface area contributed by atoms with Crippen molar-refractivity contribution in [2.24, 2.45) is 17.8 Å². The molecule has 0 aromatic heterocycles. The number of Topliss-reactive ketones (excluding diaryl/α,β-unsaturated/α-hetero) is 1. The van der Waals surface area contributed by atoms with Crippen molar-refractivity contribution < 1.29 is 12.6 Å². The minimum atomic E-state index is -0.588. The summed E-state index contributed by atoms with van der Waals surface area (Å²) < 4.78 is 13.8. The first-order chi connectivity index (χ1) is 8.43. The summed E-state index contributed by atoms with van der Waals surface area (Å²) in [4.78, 5) is 11.7. The van der Waals surface area contributed by atoms with Gasteiger partial charge < -0.3 is 5.11 Å².